The summed E-state index contributed by atoms with van der Waals surface area (Å²) in [4.78, 5) is 34.8. The van der Waals surface area contributed by atoms with Gasteiger partial charge in [0.15, 0.2) is 6.10 Å². The van der Waals surface area contributed by atoms with E-state index in [1.54, 1.807) is 12.1 Å². The van der Waals surface area contributed by atoms with Crippen LogP contribution in [0, 0.1) is 0 Å². The van der Waals surface area contributed by atoms with Gasteiger partial charge < -0.3 is 24.4 Å². The molecule has 1 N–H and O–H groups in total. The fourth-order valence-electron chi connectivity index (χ4n) is 3.15. The Bertz CT molecular complexity index is 916. The van der Waals surface area contributed by atoms with E-state index in [1.165, 1.54) is 13.8 Å². The van der Waals surface area contributed by atoms with Gasteiger partial charge in [-0.15, -0.1) is 0 Å². The van der Waals surface area contributed by atoms with E-state index in [9.17, 15) is 19.5 Å². The zero-order chi connectivity index (χ0) is 18.8. The number of hydrogen-bond donors (Lipinski definition) is 1. The summed E-state index contributed by atoms with van der Waals surface area (Å²) in [5, 5.41) is 13.9. The lowest BCUT2D eigenvalue weighted by atomic mass is 9.91. The first-order valence-electron chi connectivity index (χ1n) is 8.63. The highest BCUT2D eigenvalue weighted by atomic mass is 16.5. The highest BCUT2D eigenvalue weighted by Crippen LogP contribution is 2.29. The van der Waals surface area contributed by atoms with Crippen molar-refractivity contribution in [1.29, 1.82) is 0 Å². The van der Waals surface area contributed by atoms with E-state index in [0.717, 1.165) is 42.2 Å². The van der Waals surface area contributed by atoms with Crippen LogP contribution in [-0.2, 0) is 22.4 Å². The highest BCUT2D eigenvalue weighted by Gasteiger charge is 2.20. The zero-order valence-electron chi connectivity index (χ0n) is 14.7. The molecule has 1 heterocycles. The number of benzene rings is 1. The molecule has 0 fully saturated rings. The fraction of sp³-hybridized carbons (Fsp3) is 0.421. The van der Waals surface area contributed by atoms with Gasteiger partial charge in [0.25, 0.3) is 5.91 Å². The number of aryl methyl sites for hydroxylation is 1. The average Bonchev–Trinajstić information content (AvgIpc) is 2.61. The number of carboxylic acids is 1. The van der Waals surface area contributed by atoms with E-state index in [1.807, 2.05) is 6.07 Å². The first kappa shape index (κ1) is 18.0. The van der Waals surface area contributed by atoms with Crippen LogP contribution in [0.1, 0.15) is 37.8 Å². The molecular weight excluding hydrogens is 338 g/mol. The molecule has 0 aliphatic heterocycles. The van der Waals surface area contributed by atoms with Gasteiger partial charge in [0, 0.05) is 17.0 Å². The molecule has 0 spiro atoms. The van der Waals surface area contributed by atoms with E-state index in [-0.39, 0.29) is 5.63 Å². The van der Waals surface area contributed by atoms with Crippen LogP contribution in [0.25, 0.3) is 11.0 Å². The molecule has 0 radical (unpaired) electrons. The fourth-order valence-corrected chi connectivity index (χ4v) is 3.15. The average molecular weight is 358 g/mol. The van der Waals surface area contributed by atoms with Crippen molar-refractivity contribution in [3.05, 3.63) is 39.7 Å². The molecule has 0 bridgehead atoms. The second-order valence-electron chi connectivity index (χ2n) is 6.52. The van der Waals surface area contributed by atoms with E-state index in [0.29, 0.717) is 11.3 Å². The molecule has 3 rings (SSSR count). The van der Waals surface area contributed by atoms with Crippen molar-refractivity contribution in [3.63, 3.8) is 0 Å². The summed E-state index contributed by atoms with van der Waals surface area (Å²) in [6.07, 6.45) is 2.69. The van der Waals surface area contributed by atoms with Gasteiger partial charge in [-0.2, -0.15) is 0 Å². The highest BCUT2D eigenvalue weighted by molar-refractivity contribution is 5.86. The Morgan fingerprint density at radius 3 is 2.58 bits per heavy atom. The second kappa shape index (κ2) is 7.19. The van der Waals surface area contributed by atoms with Crippen LogP contribution >= 0.6 is 0 Å². The van der Waals surface area contributed by atoms with E-state index >= 15 is 0 Å². The maximum absolute atomic E-state index is 12.2. The molecule has 1 aliphatic carbocycles. The lowest BCUT2D eigenvalue weighted by Crippen LogP contribution is -2.49. The summed E-state index contributed by atoms with van der Waals surface area (Å²) >= 11 is 0. The molecule has 138 valence electrons. The van der Waals surface area contributed by atoms with Gasteiger partial charge in [0.1, 0.15) is 11.3 Å². The van der Waals surface area contributed by atoms with Crippen molar-refractivity contribution in [3.8, 4) is 5.75 Å². The van der Waals surface area contributed by atoms with Crippen molar-refractivity contribution in [2.24, 2.45) is 0 Å². The minimum absolute atomic E-state index is 0.321. The number of hydrogen-bond acceptors (Lipinski definition) is 6. The van der Waals surface area contributed by atoms with Crippen LogP contribution in [0.2, 0.25) is 0 Å². The van der Waals surface area contributed by atoms with Gasteiger partial charge >= 0.3 is 5.63 Å². The number of aliphatic carboxylic acids is 1. The number of ether oxygens (including phenoxy) is 1. The number of carbonyl (C=O) groups excluding carboxylic acids is 2. The standard InChI is InChI=1S/C19H21NO6/c1-10(18(22)23)20-17(21)11(2)25-12-7-8-14-13-5-3-4-6-15(13)19(24)26-16(14)9-12/h7-11H,3-6H2,1-2H3,(H,20,21)(H,22,23)/p-1/t10-,11+/m0/s1. The largest absolute Gasteiger partial charge is 0.548 e. The summed E-state index contributed by atoms with van der Waals surface area (Å²) in [5.41, 5.74) is 1.88. The minimum Gasteiger partial charge on any atom is -0.548 e. The Morgan fingerprint density at radius 2 is 1.88 bits per heavy atom. The van der Waals surface area contributed by atoms with Crippen LogP contribution in [0.15, 0.2) is 27.4 Å². The number of carboxylic acid groups (broad SMARTS) is 1. The molecule has 1 aliphatic rings. The van der Waals surface area contributed by atoms with Crippen LogP contribution in [0.5, 0.6) is 5.75 Å². The van der Waals surface area contributed by atoms with Crippen LogP contribution in [-0.4, -0.2) is 24.0 Å². The second-order valence-corrected chi connectivity index (χ2v) is 6.52. The molecule has 0 saturated heterocycles. The summed E-state index contributed by atoms with van der Waals surface area (Å²) in [5.74, 6) is -1.59. The summed E-state index contributed by atoms with van der Waals surface area (Å²) in [6, 6.07) is 4.00. The third kappa shape index (κ3) is 3.56. The van der Waals surface area contributed by atoms with Crippen LogP contribution < -0.4 is 20.8 Å². The first-order chi connectivity index (χ1) is 12.4. The number of rotatable bonds is 5. The molecule has 7 nitrogen and oxygen atoms in total. The smallest absolute Gasteiger partial charge is 0.339 e. The third-order valence-corrected chi connectivity index (χ3v) is 4.59. The van der Waals surface area contributed by atoms with Crippen LogP contribution in [0.3, 0.4) is 0 Å². The molecule has 2 aromatic rings. The van der Waals surface area contributed by atoms with Gasteiger partial charge in [-0.25, -0.2) is 4.79 Å². The quantitative estimate of drug-likeness (QED) is 0.788. The predicted molar refractivity (Wildman–Crippen MR) is 91.8 cm³/mol. The minimum atomic E-state index is -1.37. The summed E-state index contributed by atoms with van der Waals surface area (Å²) in [7, 11) is 0. The number of fused-ring (bicyclic) bond motifs is 3. The number of carbonyl (C=O) groups is 2. The van der Waals surface area contributed by atoms with E-state index < -0.39 is 24.0 Å². The Morgan fingerprint density at radius 1 is 1.19 bits per heavy atom. The Balaban J connectivity index is 1.82. The topological polar surface area (TPSA) is 109 Å². The Hall–Kier alpha value is -2.83. The molecule has 7 heteroatoms. The van der Waals surface area contributed by atoms with Gasteiger partial charge in [-0.05, 0) is 57.2 Å². The van der Waals surface area contributed by atoms with E-state index in [2.05, 4.69) is 5.32 Å². The molecule has 2 atom stereocenters. The first-order valence-corrected chi connectivity index (χ1v) is 8.63. The zero-order valence-corrected chi connectivity index (χ0v) is 14.7. The van der Waals surface area contributed by atoms with Crippen molar-refractivity contribution in [2.45, 2.75) is 51.7 Å². The van der Waals surface area contributed by atoms with Gasteiger partial charge in [0.05, 0.1) is 12.0 Å². The molecule has 0 saturated carbocycles. The van der Waals surface area contributed by atoms with Crippen molar-refractivity contribution >= 4 is 22.8 Å². The van der Waals surface area contributed by atoms with Crippen molar-refractivity contribution in [2.75, 3.05) is 0 Å². The Labute approximate surface area is 150 Å². The third-order valence-electron chi connectivity index (χ3n) is 4.59. The molecule has 1 amide bonds. The molecule has 1 aromatic heterocycles. The SMILES string of the molecule is C[C@H](NC(=O)[C@@H](C)Oc1ccc2c3c(c(=O)oc2c1)CCCC3)C(=O)[O-]. The predicted octanol–water partition coefficient (Wildman–Crippen LogP) is 0.694. The van der Waals surface area contributed by atoms with Gasteiger partial charge in [-0.1, -0.05) is 0 Å². The number of nitrogens with one attached hydrogen (secondary N) is 1. The van der Waals surface area contributed by atoms with Crippen molar-refractivity contribution < 1.29 is 23.8 Å². The molecule has 0 unspecified atom stereocenters. The molecular formula is C19H20NO6-. The van der Waals surface area contributed by atoms with Crippen LogP contribution in [0.4, 0.5) is 0 Å². The monoisotopic (exact) mass is 358 g/mol. The molecule has 26 heavy (non-hydrogen) atoms. The van der Waals surface area contributed by atoms with Gasteiger partial charge in [-0.3, -0.25) is 4.79 Å². The lowest BCUT2D eigenvalue weighted by molar-refractivity contribution is -0.307. The summed E-state index contributed by atoms with van der Waals surface area (Å²) in [6.45, 7) is 2.82. The summed E-state index contributed by atoms with van der Waals surface area (Å²) < 4.78 is 11.0. The lowest BCUT2D eigenvalue weighted by Gasteiger charge is -2.20. The maximum atomic E-state index is 12.2. The Kier molecular flexibility index (Phi) is 4.97. The number of amides is 1. The maximum Gasteiger partial charge on any atom is 0.339 e. The van der Waals surface area contributed by atoms with Gasteiger partial charge in [0.2, 0.25) is 0 Å². The van der Waals surface area contributed by atoms with Crippen molar-refractivity contribution in [1.82, 2.24) is 5.32 Å². The molecule has 1 aromatic carbocycles. The normalized spacial score (nSPS) is 15.8. The van der Waals surface area contributed by atoms with E-state index in [4.69, 9.17) is 9.15 Å².